The monoisotopic (exact) mass is 335 g/mol. The molecule has 0 amide bonds. The minimum atomic E-state index is -0.0575. The number of rotatable bonds is 5. The van der Waals surface area contributed by atoms with E-state index >= 15 is 0 Å². The summed E-state index contributed by atoms with van der Waals surface area (Å²) in [5.74, 6) is 0. The standard InChI is InChI=1S/C20H21N3O2/c1-14-8-7-9-16(21-14)12-23-13-18(15(2)22(3)25-4)20(24)17-10-5-6-11-19(17)23/h5-11,13H,2,12H2,1,3-4H3. The Balaban J connectivity index is 2.18. The Morgan fingerprint density at radius 2 is 2.00 bits per heavy atom. The molecular formula is C20H21N3O2. The quantitative estimate of drug-likeness (QED) is 0.672. The first-order chi connectivity index (χ1) is 12.0. The number of aromatic nitrogens is 2. The van der Waals surface area contributed by atoms with Gasteiger partial charge in [-0.25, -0.2) is 0 Å². The van der Waals surface area contributed by atoms with Crippen molar-refractivity contribution in [3.63, 3.8) is 0 Å². The van der Waals surface area contributed by atoms with Crippen molar-refractivity contribution in [2.75, 3.05) is 14.2 Å². The zero-order valence-corrected chi connectivity index (χ0v) is 14.7. The molecule has 0 aliphatic heterocycles. The third kappa shape index (κ3) is 3.32. The van der Waals surface area contributed by atoms with Crippen LogP contribution in [-0.2, 0) is 11.4 Å². The number of para-hydroxylation sites is 1. The van der Waals surface area contributed by atoms with Gasteiger partial charge in [-0.1, -0.05) is 24.8 Å². The van der Waals surface area contributed by atoms with E-state index in [0.29, 0.717) is 23.2 Å². The summed E-state index contributed by atoms with van der Waals surface area (Å²) in [6, 6.07) is 13.5. The molecule has 5 nitrogen and oxygen atoms in total. The minimum absolute atomic E-state index is 0.0575. The molecule has 0 aliphatic rings. The molecule has 0 saturated carbocycles. The molecule has 0 saturated heterocycles. The number of pyridine rings is 2. The second-order valence-corrected chi connectivity index (χ2v) is 5.91. The molecular weight excluding hydrogens is 314 g/mol. The summed E-state index contributed by atoms with van der Waals surface area (Å²) in [4.78, 5) is 22.6. The predicted octanol–water partition coefficient (Wildman–Crippen LogP) is 3.22. The normalized spacial score (nSPS) is 10.8. The molecule has 0 N–H and O–H groups in total. The smallest absolute Gasteiger partial charge is 0.198 e. The Kier molecular flexibility index (Phi) is 4.67. The van der Waals surface area contributed by atoms with Crippen LogP contribution >= 0.6 is 0 Å². The van der Waals surface area contributed by atoms with Crippen molar-refractivity contribution in [3.05, 3.63) is 82.4 Å². The summed E-state index contributed by atoms with van der Waals surface area (Å²) in [5.41, 5.74) is 3.74. The number of nitrogens with zero attached hydrogens (tertiary/aromatic N) is 3. The van der Waals surface area contributed by atoms with Crippen LogP contribution in [0.4, 0.5) is 0 Å². The molecule has 0 unspecified atom stereocenters. The van der Waals surface area contributed by atoms with Gasteiger partial charge in [0.25, 0.3) is 0 Å². The van der Waals surface area contributed by atoms with Crippen LogP contribution < -0.4 is 5.43 Å². The molecule has 0 radical (unpaired) electrons. The number of fused-ring (bicyclic) bond motifs is 1. The second kappa shape index (κ2) is 6.91. The first kappa shape index (κ1) is 16.9. The molecule has 128 valence electrons. The first-order valence-electron chi connectivity index (χ1n) is 8.03. The molecule has 2 heterocycles. The molecule has 0 atom stereocenters. The van der Waals surface area contributed by atoms with Gasteiger partial charge in [-0.2, -0.15) is 0 Å². The van der Waals surface area contributed by atoms with Gasteiger partial charge in [-0.15, -0.1) is 0 Å². The molecule has 2 aromatic heterocycles. The van der Waals surface area contributed by atoms with Crippen LogP contribution in [0.3, 0.4) is 0 Å². The van der Waals surface area contributed by atoms with Crippen molar-refractivity contribution in [1.29, 1.82) is 0 Å². The molecule has 3 rings (SSSR count). The van der Waals surface area contributed by atoms with Gasteiger partial charge in [0, 0.05) is 24.3 Å². The number of benzene rings is 1. The van der Waals surface area contributed by atoms with E-state index in [0.717, 1.165) is 16.9 Å². The molecule has 25 heavy (non-hydrogen) atoms. The van der Waals surface area contributed by atoms with Crippen LogP contribution in [0.1, 0.15) is 17.0 Å². The van der Waals surface area contributed by atoms with Gasteiger partial charge in [-0.3, -0.25) is 19.7 Å². The second-order valence-electron chi connectivity index (χ2n) is 5.91. The zero-order chi connectivity index (χ0) is 18.0. The lowest BCUT2D eigenvalue weighted by atomic mass is 10.1. The van der Waals surface area contributed by atoms with Gasteiger partial charge in [0.2, 0.25) is 0 Å². The van der Waals surface area contributed by atoms with E-state index in [1.165, 1.54) is 5.06 Å². The van der Waals surface area contributed by atoms with Crippen molar-refractivity contribution in [2.24, 2.45) is 0 Å². The Labute approximate surface area is 146 Å². The van der Waals surface area contributed by atoms with Gasteiger partial charge < -0.3 is 4.57 Å². The summed E-state index contributed by atoms with van der Waals surface area (Å²) in [6.07, 6.45) is 1.83. The van der Waals surface area contributed by atoms with Crippen LogP contribution in [0.15, 0.2) is 60.0 Å². The van der Waals surface area contributed by atoms with Crippen LogP contribution in [0.2, 0.25) is 0 Å². The molecule has 3 aromatic rings. The summed E-state index contributed by atoms with van der Waals surface area (Å²) in [6.45, 7) is 6.53. The molecule has 0 spiro atoms. The summed E-state index contributed by atoms with van der Waals surface area (Å²) in [5, 5.41) is 2.14. The Morgan fingerprint density at radius 3 is 2.72 bits per heavy atom. The Hall–Kier alpha value is -2.92. The largest absolute Gasteiger partial charge is 0.341 e. The number of hydrogen-bond acceptors (Lipinski definition) is 4. The van der Waals surface area contributed by atoms with E-state index in [-0.39, 0.29) is 5.43 Å². The average molecular weight is 335 g/mol. The number of aryl methyl sites for hydroxylation is 1. The maximum absolute atomic E-state index is 12.9. The van der Waals surface area contributed by atoms with Gasteiger partial charge in [0.1, 0.15) is 0 Å². The molecule has 0 fully saturated rings. The highest BCUT2D eigenvalue weighted by atomic mass is 16.7. The number of hydrogen-bond donors (Lipinski definition) is 0. The summed E-state index contributed by atoms with van der Waals surface area (Å²) < 4.78 is 2.03. The lowest BCUT2D eigenvalue weighted by Crippen LogP contribution is -2.22. The fourth-order valence-corrected chi connectivity index (χ4v) is 2.82. The van der Waals surface area contributed by atoms with Crippen molar-refractivity contribution in [1.82, 2.24) is 14.6 Å². The third-order valence-electron chi connectivity index (χ3n) is 4.23. The van der Waals surface area contributed by atoms with Crippen LogP contribution in [0.5, 0.6) is 0 Å². The number of hydroxylamine groups is 2. The summed E-state index contributed by atoms with van der Waals surface area (Å²) >= 11 is 0. The van der Waals surface area contributed by atoms with Crippen LogP contribution in [0.25, 0.3) is 16.6 Å². The van der Waals surface area contributed by atoms with E-state index < -0.39 is 0 Å². The minimum Gasteiger partial charge on any atom is -0.341 e. The van der Waals surface area contributed by atoms with E-state index in [9.17, 15) is 4.79 Å². The maximum Gasteiger partial charge on any atom is 0.198 e. The topological polar surface area (TPSA) is 47.4 Å². The summed E-state index contributed by atoms with van der Waals surface area (Å²) in [7, 11) is 3.27. The highest BCUT2D eigenvalue weighted by Crippen LogP contribution is 2.18. The van der Waals surface area contributed by atoms with Crippen LogP contribution in [0, 0.1) is 6.92 Å². The lowest BCUT2D eigenvalue weighted by molar-refractivity contribution is -0.0525. The van der Waals surface area contributed by atoms with Crippen molar-refractivity contribution in [3.8, 4) is 0 Å². The third-order valence-corrected chi connectivity index (χ3v) is 4.23. The fourth-order valence-electron chi connectivity index (χ4n) is 2.82. The van der Waals surface area contributed by atoms with Crippen LogP contribution in [-0.4, -0.2) is 28.8 Å². The van der Waals surface area contributed by atoms with Gasteiger partial charge >= 0.3 is 0 Å². The molecule has 1 aromatic carbocycles. The van der Waals surface area contributed by atoms with E-state index in [1.807, 2.05) is 60.2 Å². The van der Waals surface area contributed by atoms with E-state index in [2.05, 4.69) is 11.6 Å². The highest BCUT2D eigenvalue weighted by molar-refractivity contribution is 5.82. The van der Waals surface area contributed by atoms with Crippen molar-refractivity contribution < 1.29 is 4.84 Å². The Bertz CT molecular complexity index is 992. The zero-order valence-electron chi connectivity index (χ0n) is 14.7. The molecule has 0 aliphatic carbocycles. The SMILES string of the molecule is C=C(c1cn(Cc2cccc(C)n2)c2ccccc2c1=O)N(C)OC. The average Bonchev–Trinajstić information content (AvgIpc) is 2.63. The lowest BCUT2D eigenvalue weighted by Gasteiger charge is -2.20. The highest BCUT2D eigenvalue weighted by Gasteiger charge is 2.14. The van der Waals surface area contributed by atoms with Gasteiger partial charge in [0.15, 0.2) is 5.43 Å². The maximum atomic E-state index is 12.9. The molecule has 5 heteroatoms. The van der Waals surface area contributed by atoms with E-state index in [4.69, 9.17) is 4.84 Å². The molecule has 0 bridgehead atoms. The van der Waals surface area contributed by atoms with Crippen molar-refractivity contribution in [2.45, 2.75) is 13.5 Å². The van der Waals surface area contributed by atoms with E-state index in [1.54, 1.807) is 14.2 Å². The predicted molar refractivity (Wildman–Crippen MR) is 100 cm³/mol. The first-order valence-corrected chi connectivity index (χ1v) is 8.03. The van der Waals surface area contributed by atoms with Crippen molar-refractivity contribution >= 4 is 16.6 Å². The van der Waals surface area contributed by atoms with Gasteiger partial charge in [-0.05, 0) is 31.2 Å². The fraction of sp³-hybridized carbons (Fsp3) is 0.200. The van der Waals surface area contributed by atoms with Gasteiger partial charge in [0.05, 0.1) is 36.1 Å². The Morgan fingerprint density at radius 1 is 1.24 bits per heavy atom.